The minimum absolute atomic E-state index is 0.233. The maximum Gasteiger partial charge on any atom is 0.412 e. The van der Waals surface area contributed by atoms with Crippen molar-refractivity contribution in [2.24, 2.45) is 0 Å². The van der Waals surface area contributed by atoms with E-state index < -0.39 is 9.89 Å². The van der Waals surface area contributed by atoms with Gasteiger partial charge in [-0.25, -0.2) is 9.48 Å². The third-order valence-corrected chi connectivity index (χ3v) is 4.27. The van der Waals surface area contributed by atoms with Gasteiger partial charge in [0.2, 0.25) is 3.79 Å². The van der Waals surface area contributed by atoms with Crippen LogP contribution in [0.5, 0.6) is 5.75 Å². The number of rotatable bonds is 7. The van der Waals surface area contributed by atoms with Crippen molar-refractivity contribution in [3.05, 3.63) is 36.0 Å². The van der Waals surface area contributed by atoms with Gasteiger partial charge in [-0.3, -0.25) is 5.32 Å². The van der Waals surface area contributed by atoms with E-state index in [1.54, 1.807) is 10.7 Å². The highest BCUT2D eigenvalue weighted by Crippen LogP contribution is 2.29. The molecule has 0 aliphatic rings. The summed E-state index contributed by atoms with van der Waals surface area (Å²) in [5.41, 5.74) is 1.28. The third-order valence-electron chi connectivity index (χ3n) is 3.94. The van der Waals surface area contributed by atoms with Gasteiger partial charge < -0.3 is 14.4 Å². The molecule has 166 valence electrons. The van der Waals surface area contributed by atoms with Gasteiger partial charge in [-0.05, 0) is 26.2 Å². The molecule has 1 heterocycles. The molecule has 1 amide bonds. The van der Waals surface area contributed by atoms with Gasteiger partial charge >= 0.3 is 6.09 Å². The molecule has 0 bridgehead atoms. The van der Waals surface area contributed by atoms with Crippen LogP contribution in [0.2, 0.25) is 0 Å². The first kappa shape index (κ1) is 24.6. The Morgan fingerprint density at radius 2 is 1.90 bits per heavy atom. The van der Waals surface area contributed by atoms with E-state index in [9.17, 15) is 4.79 Å². The maximum atomic E-state index is 12.2. The highest BCUT2D eigenvalue weighted by molar-refractivity contribution is 6.67. The molecule has 30 heavy (non-hydrogen) atoms. The molecule has 0 saturated carbocycles. The van der Waals surface area contributed by atoms with Gasteiger partial charge in [0.05, 0.1) is 11.4 Å². The molecule has 0 saturated heterocycles. The van der Waals surface area contributed by atoms with Crippen LogP contribution in [0.4, 0.5) is 10.6 Å². The molecule has 2 rings (SSSR count). The first-order chi connectivity index (χ1) is 13.8. The molecule has 10 heteroatoms. The molecular formula is C20H27Cl3N4O3. The second-order valence-corrected chi connectivity index (χ2v) is 10.6. The van der Waals surface area contributed by atoms with Crippen molar-refractivity contribution in [3.8, 4) is 11.4 Å². The number of amides is 1. The molecule has 0 radical (unpaired) electrons. The molecule has 1 aromatic heterocycles. The molecule has 0 unspecified atom stereocenters. The topological polar surface area (TPSA) is 68.6 Å². The molecular weight excluding hydrogens is 451 g/mol. The van der Waals surface area contributed by atoms with Crippen LogP contribution in [-0.4, -0.2) is 58.4 Å². The maximum absolute atomic E-state index is 12.2. The first-order valence-corrected chi connectivity index (χ1v) is 10.5. The number of ether oxygens (including phenoxy) is 2. The predicted molar refractivity (Wildman–Crippen MR) is 122 cm³/mol. The summed E-state index contributed by atoms with van der Waals surface area (Å²) in [6.07, 6.45) is -0.749. The number of hydrogen-bond donors (Lipinski definition) is 1. The van der Waals surface area contributed by atoms with Gasteiger partial charge in [-0.15, -0.1) is 0 Å². The van der Waals surface area contributed by atoms with E-state index in [1.165, 1.54) is 0 Å². The largest absolute Gasteiger partial charge is 0.492 e. The molecule has 0 fully saturated rings. The zero-order chi connectivity index (χ0) is 22.5. The van der Waals surface area contributed by atoms with Crippen molar-refractivity contribution < 1.29 is 14.3 Å². The van der Waals surface area contributed by atoms with E-state index in [4.69, 9.17) is 44.3 Å². The lowest BCUT2D eigenvalue weighted by Crippen LogP contribution is -2.22. The lowest BCUT2D eigenvalue weighted by Gasteiger charge is -2.14. The monoisotopic (exact) mass is 476 g/mol. The van der Waals surface area contributed by atoms with Crippen LogP contribution in [0.1, 0.15) is 26.5 Å². The number of nitrogens with zero attached hydrogens (tertiary/aromatic N) is 3. The van der Waals surface area contributed by atoms with Gasteiger partial charge in [0.15, 0.2) is 0 Å². The summed E-state index contributed by atoms with van der Waals surface area (Å²) in [5, 5.41) is 7.34. The summed E-state index contributed by atoms with van der Waals surface area (Å²) in [4.78, 5) is 14.2. The Labute approximate surface area is 192 Å². The van der Waals surface area contributed by atoms with Gasteiger partial charge in [0.1, 0.15) is 24.8 Å². The molecule has 1 aromatic carbocycles. The number of nitrogens with one attached hydrogen (secondary N) is 1. The van der Waals surface area contributed by atoms with Gasteiger partial charge in [-0.2, -0.15) is 5.10 Å². The second kappa shape index (κ2) is 10.1. The summed E-state index contributed by atoms with van der Waals surface area (Å²) in [7, 11) is 3.97. The number of carbonyl (C=O) groups excluding carboxylic acids is 1. The lowest BCUT2D eigenvalue weighted by atomic mass is 9.92. The van der Waals surface area contributed by atoms with Gasteiger partial charge in [0.25, 0.3) is 0 Å². The third kappa shape index (κ3) is 7.87. The van der Waals surface area contributed by atoms with Gasteiger partial charge in [0, 0.05) is 24.1 Å². The van der Waals surface area contributed by atoms with E-state index in [0.29, 0.717) is 18.2 Å². The average Bonchev–Trinajstić information content (AvgIpc) is 3.03. The minimum Gasteiger partial charge on any atom is -0.492 e. The van der Waals surface area contributed by atoms with E-state index >= 15 is 0 Å². The molecule has 2 aromatic rings. The Kier molecular flexibility index (Phi) is 8.27. The van der Waals surface area contributed by atoms with Crippen molar-refractivity contribution >= 4 is 46.7 Å². The van der Waals surface area contributed by atoms with Crippen LogP contribution >= 0.6 is 34.8 Å². The fourth-order valence-electron chi connectivity index (χ4n) is 2.37. The number of likely N-dealkylation sites (N-methyl/N-ethyl adjacent to an activating group) is 1. The van der Waals surface area contributed by atoms with Crippen molar-refractivity contribution in [2.75, 3.05) is 39.2 Å². The lowest BCUT2D eigenvalue weighted by molar-refractivity contribution is 0.163. The zero-order valence-corrected chi connectivity index (χ0v) is 20.0. The summed E-state index contributed by atoms with van der Waals surface area (Å²) >= 11 is 16.9. The highest BCUT2D eigenvalue weighted by Gasteiger charge is 2.24. The van der Waals surface area contributed by atoms with Crippen LogP contribution < -0.4 is 10.1 Å². The van der Waals surface area contributed by atoms with Crippen LogP contribution in [0, 0.1) is 0 Å². The average molecular weight is 478 g/mol. The normalized spacial score (nSPS) is 12.2. The van der Waals surface area contributed by atoms with Crippen molar-refractivity contribution in [3.63, 3.8) is 0 Å². The molecule has 1 N–H and O–H groups in total. The zero-order valence-electron chi connectivity index (χ0n) is 17.7. The molecule has 0 aliphatic carbocycles. The highest BCUT2D eigenvalue weighted by atomic mass is 35.6. The van der Waals surface area contributed by atoms with E-state index in [1.807, 2.05) is 64.0 Å². The minimum atomic E-state index is -1.69. The quantitative estimate of drug-likeness (QED) is 0.567. The Morgan fingerprint density at radius 1 is 1.20 bits per heavy atom. The molecule has 0 aliphatic heterocycles. The predicted octanol–water partition coefficient (Wildman–Crippen LogP) is 5.03. The standard InChI is InChI=1S/C20H27Cl3N4O3/c1-19(2,3)16-12-17(24-18(28)30-13-20(21,22)23)27(25-16)14-7-6-8-15(11-14)29-10-9-26(4)5/h6-8,11-12H,9-10,13H2,1-5H3,(H,24,28). The first-order valence-electron chi connectivity index (χ1n) is 9.34. The van der Waals surface area contributed by atoms with Crippen LogP contribution in [0.3, 0.4) is 0 Å². The fraction of sp³-hybridized carbons (Fsp3) is 0.500. The SMILES string of the molecule is CN(C)CCOc1cccc(-n2nc(C(C)(C)C)cc2NC(=O)OCC(Cl)(Cl)Cl)c1. The smallest absolute Gasteiger partial charge is 0.412 e. The summed E-state index contributed by atoms with van der Waals surface area (Å²) in [6.45, 7) is 7.07. The number of carbonyl (C=O) groups is 1. The van der Waals surface area contributed by atoms with Crippen molar-refractivity contribution in [1.82, 2.24) is 14.7 Å². The van der Waals surface area contributed by atoms with Crippen molar-refractivity contribution in [2.45, 2.75) is 30.0 Å². The Balaban J connectivity index is 2.28. The number of halogens is 3. The van der Waals surface area contributed by atoms with E-state index in [0.717, 1.165) is 17.9 Å². The van der Waals surface area contributed by atoms with Crippen LogP contribution in [0.25, 0.3) is 5.69 Å². The number of aromatic nitrogens is 2. The second-order valence-electron chi connectivity index (χ2n) is 8.04. The van der Waals surface area contributed by atoms with Crippen LogP contribution in [0.15, 0.2) is 30.3 Å². The number of anilines is 1. The molecule has 7 nitrogen and oxygen atoms in total. The number of hydrogen-bond acceptors (Lipinski definition) is 5. The number of benzene rings is 1. The van der Waals surface area contributed by atoms with E-state index in [2.05, 4.69) is 10.4 Å². The Morgan fingerprint density at radius 3 is 2.50 bits per heavy atom. The van der Waals surface area contributed by atoms with E-state index in [-0.39, 0.29) is 12.0 Å². The fourth-order valence-corrected chi connectivity index (χ4v) is 2.54. The van der Waals surface area contributed by atoms with Crippen molar-refractivity contribution in [1.29, 1.82) is 0 Å². The summed E-state index contributed by atoms with van der Waals surface area (Å²) in [5.74, 6) is 1.13. The Hall–Kier alpha value is -1.67. The summed E-state index contributed by atoms with van der Waals surface area (Å²) < 4.78 is 10.7. The molecule has 0 atom stereocenters. The Bertz CT molecular complexity index is 858. The van der Waals surface area contributed by atoms with Crippen LogP contribution in [-0.2, 0) is 10.2 Å². The molecule has 0 spiro atoms. The van der Waals surface area contributed by atoms with Gasteiger partial charge in [-0.1, -0.05) is 61.6 Å². The summed E-state index contributed by atoms with van der Waals surface area (Å²) in [6, 6.07) is 9.25. The number of alkyl halides is 3.